The maximum Gasteiger partial charge on any atom is 0.158 e. The first-order valence-electron chi connectivity index (χ1n) is 5.57. The molecule has 0 aliphatic heterocycles. The Balaban J connectivity index is 1.85. The molecule has 1 heterocycles. The summed E-state index contributed by atoms with van der Waals surface area (Å²) < 4.78 is 0. The van der Waals surface area contributed by atoms with Crippen LogP contribution < -0.4 is 5.73 Å². The van der Waals surface area contributed by atoms with Crippen LogP contribution in [0.3, 0.4) is 0 Å². The summed E-state index contributed by atoms with van der Waals surface area (Å²) in [6.45, 7) is 0.607. The van der Waals surface area contributed by atoms with Gasteiger partial charge >= 0.3 is 0 Å². The number of fused-ring (bicyclic) bond motifs is 1. The van der Waals surface area contributed by atoms with Crippen molar-refractivity contribution in [3.8, 4) is 0 Å². The third-order valence-corrected chi connectivity index (χ3v) is 3.10. The third-order valence-electron chi connectivity index (χ3n) is 3.10. The monoisotopic (exact) mass is 214 g/mol. The van der Waals surface area contributed by atoms with Crippen LogP contribution in [0.4, 0.5) is 0 Å². The number of nitrogens with one attached hydrogen (secondary N) is 1. The van der Waals surface area contributed by atoms with Crippen molar-refractivity contribution >= 4 is 0 Å². The third kappa shape index (κ3) is 1.42. The van der Waals surface area contributed by atoms with Crippen molar-refractivity contribution in [2.45, 2.75) is 18.8 Å². The van der Waals surface area contributed by atoms with E-state index in [4.69, 9.17) is 5.73 Å². The molecule has 0 saturated heterocycles. The fourth-order valence-corrected chi connectivity index (χ4v) is 2.20. The van der Waals surface area contributed by atoms with Crippen molar-refractivity contribution in [1.82, 2.24) is 15.2 Å². The SMILES string of the molecule is NCCc1nc(C2Cc3ccccc32)n[nH]1. The highest BCUT2D eigenvalue weighted by atomic mass is 15.2. The van der Waals surface area contributed by atoms with E-state index in [9.17, 15) is 0 Å². The first-order chi connectivity index (χ1) is 7.88. The van der Waals surface area contributed by atoms with Gasteiger partial charge in [-0.15, -0.1) is 0 Å². The number of aromatic amines is 1. The van der Waals surface area contributed by atoms with Crippen LogP contribution in [0, 0.1) is 0 Å². The molecule has 0 saturated carbocycles. The maximum atomic E-state index is 5.48. The van der Waals surface area contributed by atoms with Gasteiger partial charge in [0.2, 0.25) is 0 Å². The standard InChI is InChI=1S/C12H14N4/c13-6-5-11-14-12(16-15-11)10-7-8-3-1-2-4-9(8)10/h1-4,10H,5-7,13H2,(H,14,15,16). The Kier molecular flexibility index (Phi) is 2.22. The minimum Gasteiger partial charge on any atom is -0.330 e. The van der Waals surface area contributed by atoms with Crippen molar-refractivity contribution in [3.63, 3.8) is 0 Å². The molecule has 0 radical (unpaired) electrons. The lowest BCUT2D eigenvalue weighted by Crippen LogP contribution is -2.19. The quantitative estimate of drug-likeness (QED) is 0.800. The van der Waals surface area contributed by atoms with Gasteiger partial charge in [-0.2, -0.15) is 5.10 Å². The van der Waals surface area contributed by atoms with E-state index in [-0.39, 0.29) is 0 Å². The minimum atomic E-state index is 0.374. The number of hydrogen-bond acceptors (Lipinski definition) is 3. The predicted molar refractivity (Wildman–Crippen MR) is 61.1 cm³/mol. The summed E-state index contributed by atoms with van der Waals surface area (Å²) in [4.78, 5) is 4.47. The number of hydrogen-bond donors (Lipinski definition) is 2. The highest BCUT2D eigenvalue weighted by Crippen LogP contribution is 2.38. The van der Waals surface area contributed by atoms with Crippen molar-refractivity contribution in [2.24, 2.45) is 5.73 Å². The van der Waals surface area contributed by atoms with Crippen LogP contribution in [0.25, 0.3) is 0 Å². The number of nitrogens with zero attached hydrogens (tertiary/aromatic N) is 2. The molecule has 82 valence electrons. The Bertz CT molecular complexity index is 503. The van der Waals surface area contributed by atoms with Gasteiger partial charge in [-0.25, -0.2) is 4.98 Å². The van der Waals surface area contributed by atoms with Gasteiger partial charge in [-0.05, 0) is 24.1 Å². The fourth-order valence-electron chi connectivity index (χ4n) is 2.20. The smallest absolute Gasteiger partial charge is 0.158 e. The van der Waals surface area contributed by atoms with E-state index < -0.39 is 0 Å². The van der Waals surface area contributed by atoms with Gasteiger partial charge in [0.1, 0.15) is 5.82 Å². The van der Waals surface area contributed by atoms with Crippen LogP contribution in [0.2, 0.25) is 0 Å². The molecule has 0 bridgehead atoms. The summed E-state index contributed by atoms with van der Waals surface area (Å²) >= 11 is 0. The van der Waals surface area contributed by atoms with E-state index in [1.807, 2.05) is 0 Å². The second-order valence-corrected chi connectivity index (χ2v) is 4.13. The summed E-state index contributed by atoms with van der Waals surface area (Å²) in [5.41, 5.74) is 8.26. The Hall–Kier alpha value is -1.68. The Morgan fingerprint density at radius 2 is 2.25 bits per heavy atom. The van der Waals surface area contributed by atoms with Gasteiger partial charge in [0, 0.05) is 6.42 Å². The molecule has 0 amide bonds. The number of H-pyrrole nitrogens is 1. The lowest BCUT2D eigenvalue weighted by atomic mass is 9.77. The van der Waals surface area contributed by atoms with E-state index in [1.165, 1.54) is 11.1 Å². The van der Waals surface area contributed by atoms with Gasteiger partial charge in [0.05, 0.1) is 5.92 Å². The zero-order chi connectivity index (χ0) is 11.0. The second-order valence-electron chi connectivity index (χ2n) is 4.13. The molecule has 4 nitrogen and oxygen atoms in total. The molecule has 0 spiro atoms. The van der Waals surface area contributed by atoms with Crippen LogP contribution in [0.5, 0.6) is 0 Å². The molecule has 1 unspecified atom stereocenters. The van der Waals surface area contributed by atoms with Crippen LogP contribution in [0.15, 0.2) is 24.3 Å². The molecule has 1 aromatic carbocycles. The highest BCUT2D eigenvalue weighted by molar-refractivity contribution is 5.43. The zero-order valence-electron chi connectivity index (χ0n) is 8.98. The molecular formula is C12H14N4. The van der Waals surface area contributed by atoms with Crippen LogP contribution in [0.1, 0.15) is 28.7 Å². The summed E-state index contributed by atoms with van der Waals surface area (Å²) in [7, 11) is 0. The van der Waals surface area contributed by atoms with E-state index in [0.29, 0.717) is 12.5 Å². The van der Waals surface area contributed by atoms with Crippen molar-refractivity contribution in [1.29, 1.82) is 0 Å². The first-order valence-corrected chi connectivity index (χ1v) is 5.57. The Morgan fingerprint density at radius 3 is 3.06 bits per heavy atom. The summed E-state index contributed by atoms with van der Waals surface area (Å²) in [5, 5.41) is 7.21. The van der Waals surface area contributed by atoms with Crippen molar-refractivity contribution < 1.29 is 0 Å². The summed E-state index contributed by atoms with van der Waals surface area (Å²) in [6, 6.07) is 8.47. The number of rotatable bonds is 3. The molecule has 1 aromatic heterocycles. The van der Waals surface area contributed by atoms with E-state index in [0.717, 1.165) is 24.5 Å². The second kappa shape index (κ2) is 3.72. The number of nitrogens with two attached hydrogens (primary N) is 1. The van der Waals surface area contributed by atoms with E-state index >= 15 is 0 Å². The molecule has 3 N–H and O–H groups in total. The van der Waals surface area contributed by atoms with Gasteiger partial charge in [-0.3, -0.25) is 5.10 Å². The largest absolute Gasteiger partial charge is 0.330 e. The van der Waals surface area contributed by atoms with Crippen molar-refractivity contribution in [2.75, 3.05) is 6.54 Å². The van der Waals surface area contributed by atoms with E-state index in [1.54, 1.807) is 0 Å². The summed E-state index contributed by atoms with van der Waals surface area (Å²) in [5.74, 6) is 2.17. The number of aromatic nitrogens is 3. The summed E-state index contributed by atoms with van der Waals surface area (Å²) in [6.07, 6.45) is 1.82. The average molecular weight is 214 g/mol. The molecule has 16 heavy (non-hydrogen) atoms. The molecule has 4 heteroatoms. The molecule has 1 aliphatic rings. The van der Waals surface area contributed by atoms with Gasteiger partial charge in [-0.1, -0.05) is 24.3 Å². The molecule has 1 atom stereocenters. The first kappa shape index (κ1) is 9.54. The molecule has 2 aromatic rings. The van der Waals surface area contributed by atoms with Crippen LogP contribution in [-0.4, -0.2) is 21.7 Å². The molecule has 0 fully saturated rings. The van der Waals surface area contributed by atoms with Gasteiger partial charge < -0.3 is 5.73 Å². The Labute approximate surface area is 93.9 Å². The van der Waals surface area contributed by atoms with Crippen LogP contribution >= 0.6 is 0 Å². The molecular weight excluding hydrogens is 200 g/mol. The highest BCUT2D eigenvalue weighted by Gasteiger charge is 2.29. The molecule has 1 aliphatic carbocycles. The van der Waals surface area contributed by atoms with Gasteiger partial charge in [0.15, 0.2) is 5.82 Å². The maximum absolute atomic E-state index is 5.48. The van der Waals surface area contributed by atoms with Gasteiger partial charge in [0.25, 0.3) is 0 Å². The molecule has 3 rings (SSSR count). The topological polar surface area (TPSA) is 67.6 Å². The van der Waals surface area contributed by atoms with Crippen molar-refractivity contribution in [3.05, 3.63) is 47.0 Å². The zero-order valence-corrected chi connectivity index (χ0v) is 8.98. The average Bonchev–Trinajstić information content (AvgIpc) is 2.69. The minimum absolute atomic E-state index is 0.374. The van der Waals surface area contributed by atoms with E-state index in [2.05, 4.69) is 39.4 Å². The lowest BCUT2D eigenvalue weighted by Gasteiger charge is -2.27. The normalized spacial score (nSPS) is 17.9. The fraction of sp³-hybridized carbons (Fsp3) is 0.333. The lowest BCUT2D eigenvalue weighted by molar-refractivity contribution is 0.662. The predicted octanol–water partition coefficient (Wildman–Crippen LogP) is 0.994. The Morgan fingerprint density at radius 1 is 1.38 bits per heavy atom. The number of benzene rings is 1. The van der Waals surface area contributed by atoms with Crippen LogP contribution in [-0.2, 0) is 12.8 Å².